The molecule has 1 atom stereocenters. The van der Waals surface area contributed by atoms with Crippen molar-refractivity contribution in [3.63, 3.8) is 0 Å². The van der Waals surface area contributed by atoms with Gasteiger partial charge in [0.05, 0.1) is 31.0 Å². The second kappa shape index (κ2) is 10.6. The number of nitrogens with one attached hydrogen (secondary N) is 1. The van der Waals surface area contributed by atoms with E-state index in [1.165, 1.54) is 0 Å². The molecule has 2 heterocycles. The van der Waals surface area contributed by atoms with Crippen molar-refractivity contribution in [1.82, 2.24) is 20.1 Å². The zero-order valence-corrected chi connectivity index (χ0v) is 18.5. The molecular weight excluding hydrogens is 414 g/mol. The molecule has 0 bridgehead atoms. The number of rotatable bonds is 9. The third kappa shape index (κ3) is 6.05. The van der Waals surface area contributed by atoms with Crippen LogP contribution in [0.2, 0.25) is 0 Å². The van der Waals surface area contributed by atoms with Gasteiger partial charge in [0.1, 0.15) is 5.82 Å². The molecule has 0 aliphatic heterocycles. The Bertz CT molecular complexity index is 1190. The van der Waals surface area contributed by atoms with Crippen molar-refractivity contribution in [2.45, 2.75) is 19.1 Å². The van der Waals surface area contributed by atoms with Gasteiger partial charge in [0.2, 0.25) is 0 Å². The molecule has 0 spiro atoms. The van der Waals surface area contributed by atoms with Crippen molar-refractivity contribution in [1.29, 1.82) is 0 Å². The van der Waals surface area contributed by atoms with Crippen LogP contribution >= 0.6 is 0 Å². The number of hydrogen-bond acceptors (Lipinski definition) is 5. The van der Waals surface area contributed by atoms with Crippen LogP contribution in [-0.4, -0.2) is 33.3 Å². The summed E-state index contributed by atoms with van der Waals surface area (Å²) < 4.78 is 7.64. The number of ether oxygens (including phenoxy) is 1. The monoisotopic (exact) mass is 441 g/mol. The number of nitrogens with two attached hydrogens (primary N) is 1. The van der Waals surface area contributed by atoms with E-state index >= 15 is 0 Å². The Labute approximate surface area is 193 Å². The number of pyridine rings is 1. The number of nitrogens with zero attached hydrogens (tertiary/aromatic N) is 3. The molecule has 0 aliphatic rings. The van der Waals surface area contributed by atoms with Crippen LogP contribution in [0.1, 0.15) is 21.5 Å². The van der Waals surface area contributed by atoms with Gasteiger partial charge in [0, 0.05) is 30.6 Å². The van der Waals surface area contributed by atoms with Gasteiger partial charge in [-0.2, -0.15) is 5.10 Å². The minimum atomic E-state index is -0.282. The quantitative estimate of drug-likeness (QED) is 0.414. The maximum Gasteiger partial charge on any atom is 0.255 e. The summed E-state index contributed by atoms with van der Waals surface area (Å²) in [5.41, 5.74) is 10.2. The van der Waals surface area contributed by atoms with Crippen LogP contribution in [0.4, 0.5) is 5.82 Å². The van der Waals surface area contributed by atoms with E-state index in [9.17, 15) is 4.79 Å². The number of nitrogen functional groups attached to an aromatic ring is 1. The zero-order valence-electron chi connectivity index (χ0n) is 18.5. The van der Waals surface area contributed by atoms with Crippen molar-refractivity contribution >= 4 is 11.7 Å². The molecular formula is C26H27N5O2. The average molecular weight is 442 g/mol. The number of hydrogen-bond donors (Lipinski definition) is 2. The fourth-order valence-corrected chi connectivity index (χ4v) is 3.59. The molecule has 0 radical (unpaired) electrons. The second-order valence-corrected chi connectivity index (χ2v) is 7.92. The Morgan fingerprint density at radius 3 is 2.39 bits per heavy atom. The molecule has 0 saturated heterocycles. The van der Waals surface area contributed by atoms with E-state index in [1.807, 2.05) is 73.9 Å². The number of benzene rings is 2. The molecule has 0 saturated carbocycles. The molecule has 2 aromatic heterocycles. The van der Waals surface area contributed by atoms with Crippen LogP contribution in [0.25, 0.3) is 11.1 Å². The first-order chi connectivity index (χ1) is 16.1. The number of aromatic nitrogens is 3. The van der Waals surface area contributed by atoms with E-state index in [1.54, 1.807) is 23.1 Å². The van der Waals surface area contributed by atoms with E-state index in [2.05, 4.69) is 15.4 Å². The van der Waals surface area contributed by atoms with Crippen LogP contribution in [0.5, 0.6) is 0 Å². The molecule has 4 aromatic rings. The smallest absolute Gasteiger partial charge is 0.255 e. The van der Waals surface area contributed by atoms with Crippen molar-refractivity contribution in [2.24, 2.45) is 7.05 Å². The van der Waals surface area contributed by atoms with Gasteiger partial charge in [-0.1, -0.05) is 60.7 Å². The lowest BCUT2D eigenvalue weighted by molar-refractivity contribution is 0.0798. The third-order valence-corrected chi connectivity index (χ3v) is 5.29. The molecule has 2 aromatic carbocycles. The molecule has 168 valence electrons. The fraction of sp³-hybridized carbons (Fsp3) is 0.192. The first-order valence-electron chi connectivity index (χ1n) is 10.8. The first-order valence-corrected chi connectivity index (χ1v) is 10.8. The Hall–Kier alpha value is -3.97. The molecule has 1 amide bonds. The number of anilines is 1. The van der Waals surface area contributed by atoms with Crippen LogP contribution in [0.3, 0.4) is 0 Å². The summed E-state index contributed by atoms with van der Waals surface area (Å²) in [6, 6.07) is 21.5. The summed E-state index contributed by atoms with van der Waals surface area (Å²) in [6.45, 7) is 0.841. The molecule has 3 N–H and O–H groups in total. The van der Waals surface area contributed by atoms with E-state index in [4.69, 9.17) is 10.5 Å². The molecule has 0 fully saturated rings. The lowest BCUT2D eigenvalue weighted by Gasteiger charge is -2.20. The molecule has 7 heteroatoms. The normalized spacial score (nSPS) is 11.8. The van der Waals surface area contributed by atoms with Crippen molar-refractivity contribution in [2.75, 3.05) is 12.3 Å². The average Bonchev–Trinajstić information content (AvgIpc) is 3.27. The predicted molar refractivity (Wildman–Crippen MR) is 128 cm³/mol. The maximum absolute atomic E-state index is 13.2. The van der Waals surface area contributed by atoms with Gasteiger partial charge in [0.25, 0.3) is 5.91 Å². The minimum Gasteiger partial charge on any atom is -0.383 e. The highest BCUT2D eigenvalue weighted by Gasteiger charge is 2.18. The Morgan fingerprint density at radius 2 is 1.73 bits per heavy atom. The van der Waals surface area contributed by atoms with Gasteiger partial charge in [-0.3, -0.25) is 9.48 Å². The van der Waals surface area contributed by atoms with Crippen LogP contribution < -0.4 is 11.1 Å². The summed E-state index contributed by atoms with van der Waals surface area (Å²) in [5.74, 6) is -0.0983. The van der Waals surface area contributed by atoms with Gasteiger partial charge in [-0.05, 0) is 23.6 Å². The van der Waals surface area contributed by atoms with Gasteiger partial charge in [-0.25, -0.2) is 4.98 Å². The van der Waals surface area contributed by atoms with E-state index in [-0.39, 0.29) is 17.8 Å². The Morgan fingerprint density at radius 1 is 1.03 bits per heavy atom. The molecule has 0 aliphatic carbocycles. The van der Waals surface area contributed by atoms with E-state index < -0.39 is 0 Å². The van der Waals surface area contributed by atoms with Crippen molar-refractivity contribution < 1.29 is 9.53 Å². The SMILES string of the molecule is Cn1cc(-c2cnc(N)c(C(=O)NC(COCc3ccccc3)Cc3ccccc3)c2)cn1. The lowest BCUT2D eigenvalue weighted by Crippen LogP contribution is -2.40. The summed E-state index contributed by atoms with van der Waals surface area (Å²) in [7, 11) is 1.84. The molecule has 7 nitrogen and oxygen atoms in total. The van der Waals surface area contributed by atoms with Gasteiger partial charge in [-0.15, -0.1) is 0 Å². The topological polar surface area (TPSA) is 95.1 Å². The first kappa shape index (κ1) is 22.2. The fourth-order valence-electron chi connectivity index (χ4n) is 3.59. The summed E-state index contributed by atoms with van der Waals surface area (Å²) in [6.07, 6.45) is 5.87. The Balaban J connectivity index is 1.49. The highest BCUT2D eigenvalue weighted by atomic mass is 16.5. The molecule has 1 unspecified atom stereocenters. The molecule has 4 rings (SSSR count). The summed E-state index contributed by atoms with van der Waals surface area (Å²) in [5, 5.41) is 7.27. The minimum absolute atomic E-state index is 0.184. The highest BCUT2D eigenvalue weighted by Crippen LogP contribution is 2.21. The van der Waals surface area contributed by atoms with E-state index in [0.717, 1.165) is 22.3 Å². The number of carbonyl (C=O) groups is 1. The summed E-state index contributed by atoms with van der Waals surface area (Å²) in [4.78, 5) is 17.4. The van der Waals surface area contributed by atoms with Gasteiger partial charge >= 0.3 is 0 Å². The predicted octanol–water partition coefficient (Wildman–Crippen LogP) is 3.62. The van der Waals surface area contributed by atoms with Crippen molar-refractivity contribution in [3.8, 4) is 11.1 Å². The van der Waals surface area contributed by atoms with Crippen LogP contribution in [0.15, 0.2) is 85.3 Å². The number of aryl methyl sites for hydroxylation is 1. The van der Waals surface area contributed by atoms with E-state index in [0.29, 0.717) is 25.2 Å². The zero-order chi connectivity index (χ0) is 23.0. The molecule has 33 heavy (non-hydrogen) atoms. The van der Waals surface area contributed by atoms with Crippen LogP contribution in [-0.2, 0) is 24.8 Å². The second-order valence-electron chi connectivity index (χ2n) is 7.92. The van der Waals surface area contributed by atoms with Crippen LogP contribution in [0, 0.1) is 0 Å². The lowest BCUT2D eigenvalue weighted by atomic mass is 10.0. The standard InChI is InChI=1S/C26H27N5O2/c1-31-16-22(15-29-31)21-13-24(25(27)28-14-21)26(32)30-23(12-19-8-4-2-5-9-19)18-33-17-20-10-6-3-7-11-20/h2-11,13-16,23H,12,17-18H2,1H3,(H2,27,28)(H,30,32). The van der Waals surface area contributed by atoms with Crippen molar-refractivity contribution in [3.05, 3.63) is 102 Å². The third-order valence-electron chi connectivity index (χ3n) is 5.29. The maximum atomic E-state index is 13.2. The highest BCUT2D eigenvalue weighted by molar-refractivity contribution is 5.99. The largest absolute Gasteiger partial charge is 0.383 e. The van der Waals surface area contributed by atoms with Gasteiger partial charge in [0.15, 0.2) is 0 Å². The number of carbonyl (C=O) groups excluding carboxylic acids is 1. The summed E-state index contributed by atoms with van der Waals surface area (Å²) >= 11 is 0. The van der Waals surface area contributed by atoms with Gasteiger partial charge < -0.3 is 15.8 Å². The Kier molecular flexibility index (Phi) is 7.12. The number of amides is 1.